The molecular formula is C10H9NO2. The minimum Gasteiger partial charge on any atom is -0.481 e. The molecule has 0 amide bonds. The van der Waals surface area contributed by atoms with Gasteiger partial charge in [-0.25, -0.2) is 0 Å². The Morgan fingerprint density at radius 1 is 1.69 bits per heavy atom. The van der Waals surface area contributed by atoms with Crippen LogP contribution in [0.25, 0.3) is 10.9 Å². The molecule has 1 aromatic carbocycles. The lowest BCUT2D eigenvalue weighted by molar-refractivity contribution is -0.136. The Labute approximate surface area is 83.4 Å². The monoisotopic (exact) mass is 181 g/mol. The van der Waals surface area contributed by atoms with E-state index in [1.165, 1.54) is 0 Å². The molecule has 0 saturated carbocycles. The van der Waals surface area contributed by atoms with Crippen molar-refractivity contribution in [3.05, 3.63) is 35.9 Å². The van der Waals surface area contributed by atoms with Crippen molar-refractivity contribution in [2.75, 3.05) is 0 Å². The fourth-order valence-electron chi connectivity index (χ4n) is 1.04. The minimum absolute atomic E-state index is 0.00822. The molecule has 2 rings (SSSR count). The summed E-state index contributed by atoms with van der Waals surface area (Å²) in [4.78, 5) is 13.3. The first-order valence-electron chi connectivity index (χ1n) is 6.51. The van der Waals surface area contributed by atoms with E-state index >= 15 is 0 Å². The second kappa shape index (κ2) is 2.94. The number of H-pyrrole nitrogens is 1. The number of rotatable bonds is 2. The largest absolute Gasteiger partial charge is 0.481 e. The molecule has 2 aromatic rings. The molecule has 0 aliphatic carbocycles. The summed E-state index contributed by atoms with van der Waals surface area (Å²) in [6, 6.07) is 0.0546. The number of nitrogens with one attached hydrogen (secondary N) is 1. The van der Waals surface area contributed by atoms with E-state index in [1.807, 2.05) is 0 Å². The van der Waals surface area contributed by atoms with E-state index in [2.05, 4.69) is 4.98 Å². The maximum Gasteiger partial charge on any atom is 0.307 e. The first kappa shape index (κ1) is 3.54. The fourth-order valence-corrected chi connectivity index (χ4v) is 1.04. The van der Waals surface area contributed by atoms with Crippen LogP contribution in [0.2, 0.25) is 0 Å². The van der Waals surface area contributed by atoms with Crippen molar-refractivity contribution in [2.24, 2.45) is 0 Å². The molecule has 0 aliphatic heterocycles. The van der Waals surface area contributed by atoms with Gasteiger partial charge in [-0.1, -0.05) is 18.2 Å². The van der Waals surface area contributed by atoms with E-state index < -0.39 is 24.1 Å². The van der Waals surface area contributed by atoms with Crippen molar-refractivity contribution in [1.29, 1.82) is 0 Å². The molecular weight excluding hydrogens is 166 g/mol. The Morgan fingerprint density at radius 2 is 2.54 bits per heavy atom. The number of aromatic nitrogens is 1. The number of hydrogen-bond donors (Lipinski definition) is 2. The summed E-state index contributed by atoms with van der Waals surface area (Å²) in [5.41, 5.74) is -0.442. The lowest BCUT2D eigenvalue weighted by Crippen LogP contribution is -1.98. The van der Waals surface area contributed by atoms with Crippen LogP contribution in [0, 0.1) is 0 Å². The van der Waals surface area contributed by atoms with Gasteiger partial charge in [0.15, 0.2) is 0 Å². The number of carboxylic acids is 1. The number of fused-ring (bicyclic) bond motifs is 1. The summed E-state index contributed by atoms with van der Waals surface area (Å²) >= 11 is 0. The van der Waals surface area contributed by atoms with Gasteiger partial charge in [0.05, 0.1) is 11.9 Å². The summed E-state index contributed by atoms with van der Waals surface area (Å²) in [6.45, 7) is 0. The molecule has 1 aromatic heterocycles. The van der Waals surface area contributed by atoms with E-state index in [-0.39, 0.29) is 29.0 Å². The van der Waals surface area contributed by atoms with Gasteiger partial charge in [-0.15, -0.1) is 0 Å². The Morgan fingerprint density at radius 3 is 3.31 bits per heavy atom. The highest BCUT2D eigenvalue weighted by atomic mass is 16.4. The number of carboxylic acid groups (broad SMARTS) is 1. The van der Waals surface area contributed by atoms with Crippen molar-refractivity contribution in [1.82, 2.24) is 4.98 Å². The lowest BCUT2D eigenvalue weighted by Gasteiger charge is -1.92. The van der Waals surface area contributed by atoms with Gasteiger partial charge in [-0.3, -0.25) is 4.79 Å². The molecule has 0 bridgehead atoms. The number of hydrogen-bond acceptors (Lipinski definition) is 1. The molecule has 0 saturated heterocycles. The van der Waals surface area contributed by atoms with E-state index in [1.54, 1.807) is 0 Å². The second-order valence-electron chi connectivity index (χ2n) is 2.38. The van der Waals surface area contributed by atoms with Gasteiger partial charge >= 0.3 is 5.97 Å². The van der Waals surface area contributed by atoms with Crippen LogP contribution in [-0.2, 0) is 11.2 Å². The number of aromatic amines is 1. The lowest BCUT2D eigenvalue weighted by atomic mass is 10.1. The first-order chi connectivity index (χ1) is 8.67. The standard InChI is InChI=1S/C10H9NO2/c12-10(13)5-7-6-11-9-4-2-1-3-8(7)9/h1-4,6,11H,5H2,(H,12,13)/i1D,2D,4D,5D2,6D. The zero-order valence-electron chi connectivity index (χ0n) is 12.4. The third-order valence-corrected chi connectivity index (χ3v) is 1.56. The zero-order valence-corrected chi connectivity index (χ0v) is 6.43. The third-order valence-electron chi connectivity index (χ3n) is 1.56. The molecule has 0 fully saturated rings. The molecule has 0 spiro atoms. The predicted molar refractivity (Wildman–Crippen MR) is 49.6 cm³/mol. The second-order valence-corrected chi connectivity index (χ2v) is 2.38. The smallest absolute Gasteiger partial charge is 0.307 e. The highest BCUT2D eigenvalue weighted by Crippen LogP contribution is 2.17. The maximum atomic E-state index is 10.9. The highest BCUT2D eigenvalue weighted by Gasteiger charge is 2.05. The molecule has 0 aliphatic rings. The Balaban J connectivity index is 2.91. The first-order valence-corrected chi connectivity index (χ1v) is 3.51. The van der Waals surface area contributed by atoms with Crippen LogP contribution < -0.4 is 0 Å². The van der Waals surface area contributed by atoms with Crippen LogP contribution >= 0.6 is 0 Å². The Bertz CT molecular complexity index is 693. The van der Waals surface area contributed by atoms with E-state index in [0.717, 1.165) is 6.07 Å². The molecule has 0 radical (unpaired) electrons. The summed E-state index contributed by atoms with van der Waals surface area (Å²) in [7, 11) is 0. The van der Waals surface area contributed by atoms with Crippen LogP contribution in [0.1, 0.15) is 13.8 Å². The van der Waals surface area contributed by atoms with Crippen molar-refractivity contribution in [2.45, 2.75) is 6.37 Å². The average molecular weight is 181 g/mol. The van der Waals surface area contributed by atoms with Crippen LogP contribution in [0.15, 0.2) is 30.4 Å². The topological polar surface area (TPSA) is 53.1 Å². The van der Waals surface area contributed by atoms with Crippen LogP contribution in [-0.4, -0.2) is 16.1 Å². The van der Waals surface area contributed by atoms with Crippen molar-refractivity contribution in [3.63, 3.8) is 0 Å². The molecule has 0 unspecified atom stereocenters. The van der Waals surface area contributed by atoms with Crippen LogP contribution in [0.3, 0.4) is 0 Å². The maximum absolute atomic E-state index is 10.9. The van der Waals surface area contributed by atoms with Gasteiger partial charge in [-0.05, 0) is 11.6 Å². The molecule has 66 valence electrons. The number of para-hydroxylation sites is 1. The van der Waals surface area contributed by atoms with Gasteiger partial charge in [0, 0.05) is 19.8 Å². The Hall–Kier alpha value is -1.77. The van der Waals surface area contributed by atoms with Crippen molar-refractivity contribution < 1.29 is 18.1 Å². The molecule has 3 heteroatoms. The highest BCUT2D eigenvalue weighted by molar-refractivity contribution is 5.86. The molecule has 2 N–H and O–H groups in total. The van der Waals surface area contributed by atoms with Crippen molar-refractivity contribution >= 4 is 16.9 Å². The number of aliphatic carboxylic acids is 1. The molecule has 0 atom stereocenters. The van der Waals surface area contributed by atoms with Gasteiger partial charge < -0.3 is 10.1 Å². The summed E-state index contributed by atoms with van der Waals surface area (Å²) in [5, 5.41) is 8.86. The van der Waals surface area contributed by atoms with Crippen LogP contribution in [0.5, 0.6) is 0 Å². The molecule has 1 heterocycles. The quantitative estimate of drug-likeness (QED) is 0.742. The summed E-state index contributed by atoms with van der Waals surface area (Å²) in [5.74, 6) is -1.75. The number of benzene rings is 1. The average Bonchev–Trinajstić information content (AvgIpc) is 2.63. The van der Waals surface area contributed by atoms with Gasteiger partial charge in [0.25, 0.3) is 0 Å². The number of carbonyl (C=O) groups is 1. The minimum atomic E-state index is -2.81. The molecule has 13 heavy (non-hydrogen) atoms. The van der Waals surface area contributed by atoms with E-state index in [0.29, 0.717) is 0 Å². The summed E-state index contributed by atoms with van der Waals surface area (Å²) in [6.07, 6.45) is -3.28. The SMILES string of the molecule is [2H]c1cc2c(C([2H])([2H])C(=O)O)c([2H])[nH]c2c([2H])c1[2H]. The predicted octanol–water partition coefficient (Wildman–Crippen LogP) is 1.80. The normalized spacial score (nSPS) is 18.2. The van der Waals surface area contributed by atoms with Crippen molar-refractivity contribution in [3.8, 4) is 0 Å². The zero-order chi connectivity index (χ0) is 14.5. The van der Waals surface area contributed by atoms with E-state index in [4.69, 9.17) is 13.3 Å². The Kier molecular flexibility index (Phi) is 0.799. The van der Waals surface area contributed by atoms with Gasteiger partial charge in [0.2, 0.25) is 0 Å². The molecule has 3 nitrogen and oxygen atoms in total. The summed E-state index contributed by atoms with van der Waals surface area (Å²) < 4.78 is 45.3. The van der Waals surface area contributed by atoms with Crippen LogP contribution in [0.4, 0.5) is 0 Å². The van der Waals surface area contributed by atoms with E-state index in [9.17, 15) is 4.79 Å². The van der Waals surface area contributed by atoms with Gasteiger partial charge in [0.1, 0.15) is 0 Å². The van der Waals surface area contributed by atoms with Gasteiger partial charge in [-0.2, -0.15) is 0 Å². The fraction of sp³-hybridized carbons (Fsp3) is 0.100. The third kappa shape index (κ3) is 1.40.